The van der Waals surface area contributed by atoms with Crippen molar-refractivity contribution in [3.63, 3.8) is 0 Å². The van der Waals surface area contributed by atoms with Crippen LogP contribution in [0.5, 0.6) is 0 Å². The summed E-state index contributed by atoms with van der Waals surface area (Å²) in [7, 11) is 0. The van der Waals surface area contributed by atoms with Crippen LogP contribution in [0.25, 0.3) is 0 Å². The Bertz CT molecular complexity index is 805. The Kier molecular flexibility index (Phi) is 4.28. The molecule has 8 heteroatoms. The van der Waals surface area contributed by atoms with Crippen molar-refractivity contribution >= 4 is 5.97 Å². The average molecular weight is 441 g/mol. The average Bonchev–Trinajstić information content (AvgIpc) is 3.36. The first-order valence-electron chi connectivity index (χ1n) is 11.5. The lowest BCUT2D eigenvalue weighted by Crippen LogP contribution is -2.63. The molecule has 5 rings (SSSR count). The van der Waals surface area contributed by atoms with Crippen LogP contribution in [0, 0.1) is 28.6 Å². The van der Waals surface area contributed by atoms with Crippen LogP contribution in [0.3, 0.4) is 0 Å². The van der Waals surface area contributed by atoms with Crippen LogP contribution in [-0.2, 0) is 14.3 Å². The summed E-state index contributed by atoms with van der Waals surface area (Å²) < 4.78 is 11.7. The molecule has 12 atom stereocenters. The van der Waals surface area contributed by atoms with Gasteiger partial charge in [-0.3, -0.25) is 0 Å². The van der Waals surface area contributed by atoms with E-state index in [0.717, 1.165) is 0 Å². The fourth-order valence-electron chi connectivity index (χ4n) is 8.65. The Morgan fingerprint density at radius 1 is 1.13 bits per heavy atom. The molecule has 5 aliphatic rings. The predicted molar refractivity (Wildman–Crippen MR) is 108 cm³/mol. The van der Waals surface area contributed by atoms with Crippen molar-refractivity contribution in [1.82, 2.24) is 0 Å². The maximum atomic E-state index is 12.4. The Labute approximate surface area is 182 Å². The normalized spacial score (nSPS) is 59.7. The maximum Gasteiger partial charge on any atom is 0.334 e. The minimum Gasteiger partial charge on any atom is -0.459 e. The van der Waals surface area contributed by atoms with E-state index in [-0.39, 0.29) is 31.0 Å². The molecule has 4 aliphatic carbocycles. The van der Waals surface area contributed by atoms with E-state index in [2.05, 4.69) is 0 Å². The van der Waals surface area contributed by atoms with E-state index in [9.17, 15) is 30.3 Å². The van der Waals surface area contributed by atoms with Gasteiger partial charge in [0.2, 0.25) is 0 Å². The van der Waals surface area contributed by atoms with E-state index in [4.69, 9.17) is 9.47 Å². The number of aliphatic hydroxyl groups is 5. The van der Waals surface area contributed by atoms with Crippen LogP contribution in [-0.4, -0.2) is 78.8 Å². The van der Waals surface area contributed by atoms with E-state index in [0.29, 0.717) is 12.8 Å². The number of carbonyl (C=O) groups excluding carboxylic acids is 1. The Hall–Kier alpha value is -0.770. The fraction of sp³-hybridized carbons (Fsp3) is 0.957. The van der Waals surface area contributed by atoms with Gasteiger partial charge >= 0.3 is 5.97 Å². The zero-order chi connectivity index (χ0) is 22.9. The van der Waals surface area contributed by atoms with Crippen molar-refractivity contribution in [2.75, 3.05) is 0 Å². The van der Waals surface area contributed by atoms with Gasteiger partial charge in [-0.1, -0.05) is 13.8 Å². The number of aliphatic hydroxyl groups excluding tert-OH is 2. The highest BCUT2D eigenvalue weighted by molar-refractivity contribution is 5.74. The molecule has 0 aromatic carbocycles. The number of hydrogen-bond acceptors (Lipinski definition) is 8. The van der Waals surface area contributed by atoms with E-state index < -0.39 is 63.8 Å². The van der Waals surface area contributed by atoms with Crippen LogP contribution < -0.4 is 0 Å². The summed E-state index contributed by atoms with van der Waals surface area (Å²) in [6.07, 6.45) is -2.43. The molecular weight excluding hydrogens is 404 g/mol. The quantitative estimate of drug-likeness (QED) is 0.301. The van der Waals surface area contributed by atoms with Crippen molar-refractivity contribution < 1.29 is 39.8 Å². The van der Waals surface area contributed by atoms with Crippen LogP contribution >= 0.6 is 0 Å². The Morgan fingerprint density at radius 2 is 1.77 bits per heavy atom. The molecule has 0 aromatic rings. The molecule has 5 fully saturated rings. The third-order valence-corrected chi connectivity index (χ3v) is 9.95. The smallest absolute Gasteiger partial charge is 0.334 e. The molecular formula is C23H36O8. The summed E-state index contributed by atoms with van der Waals surface area (Å²) in [6, 6.07) is 0. The molecule has 8 nitrogen and oxygen atoms in total. The van der Waals surface area contributed by atoms with Gasteiger partial charge in [-0.05, 0) is 52.4 Å². The second-order valence-electron chi connectivity index (χ2n) is 12.0. The van der Waals surface area contributed by atoms with Gasteiger partial charge in [0.05, 0.1) is 29.5 Å². The van der Waals surface area contributed by atoms with Crippen molar-refractivity contribution in [2.45, 2.75) is 108 Å². The van der Waals surface area contributed by atoms with Crippen molar-refractivity contribution in [3.8, 4) is 0 Å². The molecule has 1 spiro atoms. The first-order chi connectivity index (χ1) is 14.1. The van der Waals surface area contributed by atoms with Crippen molar-refractivity contribution in [3.05, 3.63) is 0 Å². The largest absolute Gasteiger partial charge is 0.459 e. The molecule has 4 saturated carbocycles. The van der Waals surface area contributed by atoms with Crippen LogP contribution in [0.1, 0.15) is 60.3 Å². The number of esters is 1. The van der Waals surface area contributed by atoms with E-state index in [1.807, 2.05) is 13.8 Å². The van der Waals surface area contributed by atoms with Crippen molar-refractivity contribution in [1.29, 1.82) is 0 Å². The lowest BCUT2D eigenvalue weighted by Gasteiger charge is -2.52. The highest BCUT2D eigenvalue weighted by atomic mass is 16.6. The van der Waals surface area contributed by atoms with Gasteiger partial charge < -0.3 is 35.0 Å². The number of epoxide rings is 1. The molecule has 0 amide bonds. The third kappa shape index (κ3) is 2.44. The first-order valence-corrected chi connectivity index (χ1v) is 11.5. The zero-order valence-corrected chi connectivity index (χ0v) is 18.9. The summed E-state index contributed by atoms with van der Waals surface area (Å²) in [5, 5.41) is 56.6. The van der Waals surface area contributed by atoms with Crippen LogP contribution in [0.4, 0.5) is 0 Å². The minimum atomic E-state index is -1.58. The molecule has 2 bridgehead atoms. The molecule has 5 N–H and O–H groups in total. The predicted octanol–water partition coefficient (Wildman–Crippen LogP) is 0.116. The maximum absolute atomic E-state index is 12.4. The van der Waals surface area contributed by atoms with Gasteiger partial charge in [-0.25, -0.2) is 4.79 Å². The van der Waals surface area contributed by atoms with Gasteiger partial charge in [0.15, 0.2) is 0 Å². The molecule has 0 aromatic heterocycles. The lowest BCUT2D eigenvalue weighted by atomic mass is 9.57. The standard InChI is InChI=1S/C23H36O8/c1-10(24)18(26)31-16-11-6-7-12-21(5,28)15-14-17(30-14)19(2,3)23(15,29)13(25)8-22(12,16)9-20(11,4)27/h10-17,24-25,27-29H,6-9H2,1-5H3/t10?,11-,12+,13-,14+,15+,16-,17+,20-,21+,22+,23+/m1/s1. The van der Waals surface area contributed by atoms with Gasteiger partial charge in [0.25, 0.3) is 0 Å². The van der Waals surface area contributed by atoms with Crippen LogP contribution in [0.2, 0.25) is 0 Å². The van der Waals surface area contributed by atoms with Gasteiger partial charge in [0.1, 0.15) is 17.8 Å². The summed E-state index contributed by atoms with van der Waals surface area (Å²) in [5.41, 5.74) is -5.87. The topological polar surface area (TPSA) is 140 Å². The van der Waals surface area contributed by atoms with E-state index in [1.54, 1.807) is 13.8 Å². The first kappa shape index (κ1) is 22.0. The highest BCUT2D eigenvalue weighted by Gasteiger charge is 2.83. The zero-order valence-electron chi connectivity index (χ0n) is 18.9. The van der Waals surface area contributed by atoms with E-state index >= 15 is 0 Å². The second-order valence-corrected chi connectivity index (χ2v) is 12.0. The number of fused-ring (bicyclic) bond motifs is 4. The molecule has 0 radical (unpaired) electrons. The number of hydrogen-bond donors (Lipinski definition) is 5. The summed E-state index contributed by atoms with van der Waals surface area (Å²) in [4.78, 5) is 12.4. The molecule has 1 heterocycles. The Balaban J connectivity index is 1.66. The molecule has 176 valence electrons. The van der Waals surface area contributed by atoms with E-state index in [1.165, 1.54) is 6.92 Å². The monoisotopic (exact) mass is 440 g/mol. The Morgan fingerprint density at radius 3 is 2.39 bits per heavy atom. The SMILES string of the molecule is CC(O)C(=O)O[C@@H]1[C@H]2CC[C@H]3[C@](C)(O)[C@@H]4[C@@H]5O[C@@H]5C(C)(C)[C@]4(O)[C@H](O)C[C@@]13C[C@@]2(C)O. The fourth-order valence-corrected chi connectivity index (χ4v) is 8.65. The van der Waals surface area contributed by atoms with Crippen LogP contribution in [0.15, 0.2) is 0 Å². The van der Waals surface area contributed by atoms with Crippen molar-refractivity contribution in [2.24, 2.45) is 28.6 Å². The summed E-state index contributed by atoms with van der Waals surface area (Å²) in [5.74, 6) is -2.28. The third-order valence-electron chi connectivity index (χ3n) is 9.95. The summed E-state index contributed by atoms with van der Waals surface area (Å²) in [6.45, 7) is 8.47. The number of ether oxygens (including phenoxy) is 2. The lowest BCUT2D eigenvalue weighted by molar-refractivity contribution is -0.223. The van der Waals surface area contributed by atoms with Gasteiger partial charge in [0, 0.05) is 22.7 Å². The number of carbonyl (C=O) groups is 1. The summed E-state index contributed by atoms with van der Waals surface area (Å²) >= 11 is 0. The molecule has 1 aliphatic heterocycles. The second kappa shape index (κ2) is 6.02. The van der Waals surface area contributed by atoms with Gasteiger partial charge in [-0.2, -0.15) is 0 Å². The molecule has 31 heavy (non-hydrogen) atoms. The minimum absolute atomic E-state index is 0.0914. The highest BCUT2D eigenvalue weighted by Crippen LogP contribution is 2.73. The van der Waals surface area contributed by atoms with Gasteiger partial charge in [-0.15, -0.1) is 0 Å². The molecule has 1 saturated heterocycles. The molecule has 1 unspecified atom stereocenters. The number of rotatable bonds is 2.